The average molecular weight is 242 g/mol. The monoisotopic (exact) mass is 242 g/mol. The summed E-state index contributed by atoms with van der Waals surface area (Å²) in [5.41, 5.74) is 0. The third-order valence-electron chi connectivity index (χ3n) is 2.17. The molecule has 0 radical (unpaired) electrons. The summed E-state index contributed by atoms with van der Waals surface area (Å²) in [5, 5.41) is 19.4. The van der Waals surface area contributed by atoms with Crippen molar-refractivity contribution in [3.63, 3.8) is 0 Å². The van der Waals surface area contributed by atoms with Crippen LogP contribution in [0.4, 0.5) is 0 Å². The van der Waals surface area contributed by atoms with Crippen molar-refractivity contribution in [3.8, 4) is 0 Å². The van der Waals surface area contributed by atoms with Crippen LogP contribution in [0.2, 0.25) is 0 Å². The largest absolute Gasteiger partial charge is 0.394 e. The van der Waals surface area contributed by atoms with Gasteiger partial charge < -0.3 is 29.2 Å². The molecule has 0 aliphatic heterocycles. The van der Waals surface area contributed by atoms with Gasteiger partial charge in [0.1, 0.15) is 24.4 Å². The zero-order valence-electron chi connectivity index (χ0n) is 13.1. The molecule has 0 amide bonds. The Balaban J connectivity index is 4.80. The van der Waals surface area contributed by atoms with Gasteiger partial charge in [0.2, 0.25) is 0 Å². The molecule has 16 heavy (non-hydrogen) atoms. The smallest absolute Gasteiger partial charge is 0.114 e. The summed E-state index contributed by atoms with van der Waals surface area (Å²) in [5.74, 6) is 0. The van der Waals surface area contributed by atoms with E-state index in [1.807, 2.05) is 0 Å². The highest BCUT2D eigenvalue weighted by Crippen LogP contribution is 2.13. The molecule has 0 aliphatic rings. The van der Waals surface area contributed by atoms with E-state index in [9.17, 15) is 10.2 Å². The van der Waals surface area contributed by atoms with E-state index < -0.39 is 52.3 Å². The number of aliphatic hydroxyl groups excluding tert-OH is 2. The van der Waals surface area contributed by atoms with Gasteiger partial charge in [0.25, 0.3) is 0 Å². The van der Waals surface area contributed by atoms with Gasteiger partial charge in [-0.1, -0.05) is 0 Å². The van der Waals surface area contributed by atoms with Gasteiger partial charge in [0.15, 0.2) is 0 Å². The lowest BCUT2D eigenvalue weighted by molar-refractivity contribution is -0.154. The summed E-state index contributed by atoms with van der Waals surface area (Å²) in [7, 11) is -1.68. The first-order valence-electron chi connectivity index (χ1n) is 7.37. The number of hydrogen-bond donors (Lipinski definition) is 2. The molecule has 0 aromatic heterocycles. The van der Waals surface area contributed by atoms with Gasteiger partial charge in [-0.3, -0.25) is 0 Å². The molecule has 2 N–H and O–H groups in total. The van der Waals surface area contributed by atoms with E-state index in [4.69, 9.17) is 24.4 Å². The Labute approximate surface area is 102 Å². The van der Waals surface area contributed by atoms with Crippen molar-refractivity contribution in [1.29, 1.82) is 0 Å². The van der Waals surface area contributed by atoms with Gasteiger partial charge in [0, 0.05) is 28.3 Å². The first-order valence-corrected chi connectivity index (χ1v) is 4.54. The molecule has 0 fully saturated rings. The molecule has 0 spiro atoms. The quantitative estimate of drug-likeness (QED) is 0.542. The van der Waals surface area contributed by atoms with E-state index >= 15 is 0 Å². The van der Waals surface area contributed by atoms with Gasteiger partial charge in [-0.15, -0.1) is 0 Å². The van der Waals surface area contributed by atoms with Gasteiger partial charge in [0.05, 0.1) is 18.7 Å². The molecule has 4 atom stereocenters. The first-order chi connectivity index (χ1) is 9.65. The maximum Gasteiger partial charge on any atom is 0.114 e. The zero-order chi connectivity index (χ0) is 15.4. The normalized spacial score (nSPS) is 22.4. The van der Waals surface area contributed by atoms with E-state index in [0.717, 1.165) is 0 Å². The molecule has 0 heterocycles. The van der Waals surface area contributed by atoms with Gasteiger partial charge in [-0.2, -0.15) is 0 Å². The van der Waals surface area contributed by atoms with E-state index in [1.54, 1.807) is 0 Å². The lowest BCUT2D eigenvalue weighted by atomic mass is 10.0. The number of hydrogen-bond acceptors (Lipinski definition) is 6. The lowest BCUT2D eigenvalue weighted by Gasteiger charge is -2.31. The van der Waals surface area contributed by atoms with E-state index in [2.05, 4.69) is 0 Å². The van der Waals surface area contributed by atoms with Crippen LogP contribution in [0.1, 0.15) is 5.48 Å². The minimum absolute atomic E-state index is 0.138. The second-order valence-corrected chi connectivity index (χ2v) is 3.09. The fraction of sp³-hybridized carbons (Fsp3) is 1.00. The minimum atomic E-state index is -1.33. The van der Waals surface area contributed by atoms with Crippen LogP contribution in [0.5, 0.6) is 0 Å². The molecule has 6 heteroatoms. The fourth-order valence-corrected chi connectivity index (χ4v) is 1.25. The van der Waals surface area contributed by atoms with Crippen molar-refractivity contribution in [1.82, 2.24) is 0 Å². The van der Waals surface area contributed by atoms with Crippen LogP contribution in [0.3, 0.4) is 0 Å². The number of ether oxygens (including phenoxy) is 4. The molecule has 0 aromatic rings. The molecule has 6 nitrogen and oxygen atoms in total. The highest BCUT2D eigenvalue weighted by atomic mass is 16.6. The Kier molecular flexibility index (Phi) is 5.40. The van der Waals surface area contributed by atoms with Crippen molar-refractivity contribution in [2.24, 2.45) is 0 Å². The molecule has 0 saturated heterocycles. The maximum absolute atomic E-state index is 10.2. The third-order valence-corrected chi connectivity index (χ3v) is 2.17. The second-order valence-electron chi connectivity index (χ2n) is 3.09. The standard InChI is InChI=1S/C10H22O6/c1-13-6-8(15-3)9(12)10(16-4)7(5-11)14-2/h7-12H,5-6H2,1-4H3/t7-,8+,9+,10+/m0/s1/i1D,2D,3D,4D. The van der Waals surface area contributed by atoms with Crippen LogP contribution in [0.15, 0.2) is 0 Å². The molecular weight excluding hydrogens is 216 g/mol. The molecule has 0 bridgehead atoms. The van der Waals surface area contributed by atoms with Crippen LogP contribution < -0.4 is 0 Å². The highest BCUT2D eigenvalue weighted by Gasteiger charge is 2.33. The summed E-state index contributed by atoms with van der Waals surface area (Å²) >= 11 is 0. The van der Waals surface area contributed by atoms with Gasteiger partial charge in [-0.05, 0) is 0 Å². The molecule has 0 aromatic carbocycles. The Morgan fingerprint density at radius 2 is 1.75 bits per heavy atom. The number of rotatable bonds is 9. The minimum Gasteiger partial charge on any atom is -0.394 e. The summed E-state index contributed by atoms with van der Waals surface area (Å²) < 4.78 is 47.7. The summed E-state index contributed by atoms with van der Waals surface area (Å²) in [4.78, 5) is 0. The van der Waals surface area contributed by atoms with E-state index in [1.165, 1.54) is 0 Å². The Morgan fingerprint density at radius 1 is 1.06 bits per heavy atom. The van der Waals surface area contributed by atoms with Crippen LogP contribution >= 0.6 is 0 Å². The van der Waals surface area contributed by atoms with Crippen LogP contribution in [0, 0.1) is 0 Å². The van der Waals surface area contributed by atoms with Crippen molar-refractivity contribution < 1.29 is 34.6 Å². The van der Waals surface area contributed by atoms with E-state index in [-0.39, 0.29) is 13.7 Å². The second kappa shape index (κ2) is 8.86. The van der Waals surface area contributed by atoms with E-state index in [0.29, 0.717) is 0 Å². The Hall–Kier alpha value is -0.240. The van der Waals surface area contributed by atoms with Gasteiger partial charge in [-0.25, -0.2) is 0 Å². The van der Waals surface area contributed by atoms with Crippen LogP contribution in [-0.4, -0.2) is 76.2 Å². The lowest BCUT2D eigenvalue weighted by Crippen LogP contribution is -2.49. The maximum atomic E-state index is 10.2. The molecular formula is C10H22O6. The predicted octanol–water partition coefficient (Wildman–Crippen LogP) is -0.969. The zero-order valence-corrected chi connectivity index (χ0v) is 9.08. The predicted molar refractivity (Wildman–Crippen MR) is 57.4 cm³/mol. The molecule has 0 saturated carbocycles. The molecule has 0 aliphatic carbocycles. The van der Waals surface area contributed by atoms with Crippen LogP contribution in [0.25, 0.3) is 0 Å². The molecule has 0 unspecified atom stereocenters. The SMILES string of the molecule is [2H]COC[C@@H](OC[2H])[C@@H](O)[C@H](OC[2H])[C@H](CO)OC[2H]. The van der Waals surface area contributed by atoms with Crippen molar-refractivity contribution in [2.45, 2.75) is 24.4 Å². The first kappa shape index (κ1) is 9.76. The Bertz CT molecular complexity index is 226. The highest BCUT2D eigenvalue weighted by molar-refractivity contribution is 4.83. The van der Waals surface area contributed by atoms with Crippen LogP contribution in [-0.2, 0) is 18.9 Å². The number of methoxy groups -OCH3 is 4. The average Bonchev–Trinajstić information content (AvgIpc) is 2.46. The topological polar surface area (TPSA) is 77.4 Å². The summed E-state index contributed by atoms with van der Waals surface area (Å²) in [6, 6.07) is 0. The summed E-state index contributed by atoms with van der Waals surface area (Å²) in [6.07, 6.45) is -4.40. The number of aliphatic hydroxyl groups is 2. The van der Waals surface area contributed by atoms with Crippen molar-refractivity contribution in [2.75, 3.05) is 41.6 Å². The molecule has 0 rings (SSSR count). The van der Waals surface area contributed by atoms with Crippen molar-refractivity contribution >= 4 is 0 Å². The van der Waals surface area contributed by atoms with Crippen molar-refractivity contribution in [3.05, 3.63) is 0 Å². The van der Waals surface area contributed by atoms with Gasteiger partial charge >= 0.3 is 0 Å². The third kappa shape index (κ3) is 4.32. The summed E-state index contributed by atoms with van der Waals surface area (Å²) in [6.45, 7) is -0.645. The Morgan fingerprint density at radius 3 is 2.31 bits per heavy atom. The fourth-order valence-electron chi connectivity index (χ4n) is 1.25. The molecule has 98 valence electrons.